The Morgan fingerprint density at radius 2 is 1.80 bits per heavy atom. The highest BCUT2D eigenvalue weighted by atomic mass is 32.1. The van der Waals surface area contributed by atoms with Crippen molar-refractivity contribution in [2.75, 3.05) is 25.8 Å². The lowest BCUT2D eigenvalue weighted by atomic mass is 10.5. The zero-order valence-electron chi connectivity index (χ0n) is 6.51. The van der Waals surface area contributed by atoms with Crippen LogP contribution < -0.4 is 0 Å². The van der Waals surface area contributed by atoms with E-state index in [1.54, 1.807) is 0 Å². The molecule has 62 valence electrons. The molecule has 0 aromatic rings. The van der Waals surface area contributed by atoms with Gasteiger partial charge in [0, 0.05) is 19.8 Å². The normalized spacial score (nSPS) is 10.2. The zero-order valence-corrected chi connectivity index (χ0v) is 7.40. The van der Waals surface area contributed by atoms with Crippen molar-refractivity contribution in [1.82, 2.24) is 0 Å². The fourth-order valence-electron chi connectivity index (χ4n) is 0.574. The summed E-state index contributed by atoms with van der Waals surface area (Å²) in [5.41, 5.74) is 0. The smallest absolute Gasteiger partial charge is 0.0892 e. The van der Waals surface area contributed by atoms with Gasteiger partial charge in [-0.25, -0.2) is 0 Å². The number of rotatable bonds is 7. The molecule has 0 N–H and O–H groups in total. The summed E-state index contributed by atoms with van der Waals surface area (Å²) in [5.74, 6) is 0.508. The van der Waals surface area contributed by atoms with Crippen LogP contribution in [0.4, 0.5) is 0 Å². The van der Waals surface area contributed by atoms with Gasteiger partial charge in [-0.05, 0) is 12.8 Å². The van der Waals surface area contributed by atoms with Gasteiger partial charge < -0.3 is 9.47 Å². The molecule has 0 aliphatic rings. The van der Waals surface area contributed by atoms with Gasteiger partial charge in [0.05, 0.1) is 5.94 Å². The third-order valence-electron chi connectivity index (χ3n) is 1.02. The first-order valence-corrected chi connectivity index (χ1v) is 4.31. The van der Waals surface area contributed by atoms with Gasteiger partial charge in [-0.2, -0.15) is 12.6 Å². The topological polar surface area (TPSA) is 18.5 Å². The average Bonchev–Trinajstić information content (AvgIpc) is 1.97. The van der Waals surface area contributed by atoms with E-state index in [1.165, 1.54) is 0 Å². The van der Waals surface area contributed by atoms with Crippen LogP contribution in [-0.2, 0) is 9.47 Å². The fourth-order valence-corrected chi connectivity index (χ4v) is 0.703. The van der Waals surface area contributed by atoms with E-state index in [-0.39, 0.29) is 0 Å². The highest BCUT2D eigenvalue weighted by molar-refractivity contribution is 7.80. The van der Waals surface area contributed by atoms with Gasteiger partial charge in [-0.3, -0.25) is 0 Å². The lowest BCUT2D eigenvalue weighted by Crippen LogP contribution is -2.00. The van der Waals surface area contributed by atoms with Crippen molar-refractivity contribution in [3.63, 3.8) is 0 Å². The molecule has 3 heteroatoms. The maximum atomic E-state index is 5.22. The minimum Gasteiger partial charge on any atom is -0.381 e. The summed E-state index contributed by atoms with van der Waals surface area (Å²) in [6.45, 7) is 4.53. The summed E-state index contributed by atoms with van der Waals surface area (Å²) < 4.78 is 10.2. The van der Waals surface area contributed by atoms with Gasteiger partial charge in [0.2, 0.25) is 0 Å². The van der Waals surface area contributed by atoms with Crippen LogP contribution in [0.3, 0.4) is 0 Å². The van der Waals surface area contributed by atoms with Crippen molar-refractivity contribution in [3.8, 4) is 0 Å². The lowest BCUT2D eigenvalue weighted by Gasteiger charge is -2.01. The second-order valence-electron chi connectivity index (χ2n) is 2.00. The molecule has 0 atom stereocenters. The van der Waals surface area contributed by atoms with Gasteiger partial charge in [0.1, 0.15) is 0 Å². The van der Waals surface area contributed by atoms with E-state index in [9.17, 15) is 0 Å². The third-order valence-corrected chi connectivity index (χ3v) is 1.20. The van der Waals surface area contributed by atoms with Crippen LogP contribution in [0.1, 0.15) is 19.8 Å². The zero-order chi connectivity index (χ0) is 7.66. The Balaban J connectivity index is 2.65. The highest BCUT2D eigenvalue weighted by Crippen LogP contribution is 1.87. The Kier molecular flexibility index (Phi) is 9.52. The summed E-state index contributed by atoms with van der Waals surface area (Å²) in [7, 11) is 0. The van der Waals surface area contributed by atoms with Crippen LogP contribution in [0.25, 0.3) is 0 Å². The SMILES string of the molecule is CCCOCCCOCS. The van der Waals surface area contributed by atoms with Crippen molar-refractivity contribution in [2.24, 2.45) is 0 Å². The number of ether oxygens (including phenoxy) is 2. The van der Waals surface area contributed by atoms with Crippen molar-refractivity contribution < 1.29 is 9.47 Å². The largest absolute Gasteiger partial charge is 0.381 e. The second kappa shape index (κ2) is 9.27. The molecule has 0 bridgehead atoms. The van der Waals surface area contributed by atoms with E-state index in [2.05, 4.69) is 19.6 Å². The Bertz CT molecular complexity index is 51.6. The Labute approximate surface area is 68.3 Å². The molecule has 2 nitrogen and oxygen atoms in total. The van der Waals surface area contributed by atoms with Gasteiger partial charge in [-0.15, -0.1) is 0 Å². The van der Waals surface area contributed by atoms with E-state index in [4.69, 9.17) is 9.47 Å². The molecule has 0 spiro atoms. The molecule has 0 unspecified atom stereocenters. The minimum absolute atomic E-state index is 0.508. The van der Waals surface area contributed by atoms with E-state index in [1.807, 2.05) is 0 Å². The van der Waals surface area contributed by atoms with Crippen molar-refractivity contribution in [1.29, 1.82) is 0 Å². The lowest BCUT2D eigenvalue weighted by molar-refractivity contribution is 0.0997. The highest BCUT2D eigenvalue weighted by Gasteiger charge is 1.86. The molecule has 10 heavy (non-hydrogen) atoms. The first-order valence-electron chi connectivity index (χ1n) is 3.68. The molecule has 0 rings (SSSR count). The Morgan fingerprint density at radius 1 is 1.10 bits per heavy atom. The summed E-state index contributed by atoms with van der Waals surface area (Å²) >= 11 is 3.90. The Morgan fingerprint density at radius 3 is 2.40 bits per heavy atom. The molecular weight excluding hydrogens is 148 g/mol. The molecule has 0 aliphatic carbocycles. The second-order valence-corrected chi connectivity index (χ2v) is 2.26. The van der Waals surface area contributed by atoms with E-state index in [0.29, 0.717) is 5.94 Å². The quantitative estimate of drug-likeness (QED) is 0.351. The molecule has 0 aliphatic heterocycles. The van der Waals surface area contributed by atoms with Crippen LogP contribution in [0.2, 0.25) is 0 Å². The van der Waals surface area contributed by atoms with Crippen molar-refractivity contribution >= 4 is 12.6 Å². The molecule has 0 saturated heterocycles. The molecular formula is C7H16O2S. The Hall–Kier alpha value is 0.270. The molecule has 0 fully saturated rings. The first-order chi connectivity index (χ1) is 4.91. The van der Waals surface area contributed by atoms with Gasteiger partial charge in [-0.1, -0.05) is 6.92 Å². The van der Waals surface area contributed by atoms with Gasteiger partial charge in [0.25, 0.3) is 0 Å². The van der Waals surface area contributed by atoms with E-state index >= 15 is 0 Å². The van der Waals surface area contributed by atoms with Crippen LogP contribution >= 0.6 is 12.6 Å². The molecule has 0 aromatic carbocycles. The standard InChI is InChI=1S/C7H16O2S/c1-2-4-8-5-3-6-9-7-10/h10H,2-7H2,1H3. The summed E-state index contributed by atoms with van der Waals surface area (Å²) in [6.07, 6.45) is 2.06. The summed E-state index contributed by atoms with van der Waals surface area (Å²) in [4.78, 5) is 0. The molecule has 0 saturated carbocycles. The molecule has 0 radical (unpaired) electrons. The number of hydrogen-bond acceptors (Lipinski definition) is 3. The summed E-state index contributed by atoms with van der Waals surface area (Å²) in [5, 5.41) is 0. The monoisotopic (exact) mass is 164 g/mol. The predicted octanol–water partition coefficient (Wildman–Crippen LogP) is 1.71. The van der Waals surface area contributed by atoms with Crippen molar-refractivity contribution in [2.45, 2.75) is 19.8 Å². The van der Waals surface area contributed by atoms with Crippen LogP contribution in [0.15, 0.2) is 0 Å². The minimum atomic E-state index is 0.508. The van der Waals surface area contributed by atoms with E-state index in [0.717, 1.165) is 32.7 Å². The van der Waals surface area contributed by atoms with Crippen molar-refractivity contribution in [3.05, 3.63) is 0 Å². The van der Waals surface area contributed by atoms with Gasteiger partial charge >= 0.3 is 0 Å². The molecule has 0 aromatic heterocycles. The molecule has 0 amide bonds. The first kappa shape index (κ1) is 10.3. The van der Waals surface area contributed by atoms with Gasteiger partial charge in [0.15, 0.2) is 0 Å². The van der Waals surface area contributed by atoms with Crippen LogP contribution in [0, 0.1) is 0 Å². The van der Waals surface area contributed by atoms with E-state index < -0.39 is 0 Å². The third kappa shape index (κ3) is 8.27. The predicted molar refractivity (Wildman–Crippen MR) is 45.5 cm³/mol. The maximum absolute atomic E-state index is 5.22. The maximum Gasteiger partial charge on any atom is 0.0892 e. The van der Waals surface area contributed by atoms with Crippen LogP contribution in [0.5, 0.6) is 0 Å². The fraction of sp³-hybridized carbons (Fsp3) is 1.00. The summed E-state index contributed by atoms with van der Waals surface area (Å²) in [6, 6.07) is 0. The van der Waals surface area contributed by atoms with Crippen LogP contribution in [-0.4, -0.2) is 25.8 Å². The number of hydrogen-bond donors (Lipinski definition) is 1. The average molecular weight is 164 g/mol. The number of thiol groups is 1. The molecule has 0 heterocycles.